The molecule has 4 aliphatic carbocycles. The Morgan fingerprint density at radius 1 is 1.32 bits per heavy atom. The van der Waals surface area contributed by atoms with E-state index in [2.05, 4.69) is 12.2 Å². The summed E-state index contributed by atoms with van der Waals surface area (Å²) in [6, 6.07) is 0. The Kier molecular flexibility index (Phi) is 3.03. The van der Waals surface area contributed by atoms with Gasteiger partial charge in [0.05, 0.1) is 0 Å². The second-order valence-electron chi connectivity index (χ2n) is 7.64. The Morgan fingerprint density at radius 2 is 2.14 bits per heavy atom. The Morgan fingerprint density at radius 3 is 2.91 bits per heavy atom. The summed E-state index contributed by atoms with van der Waals surface area (Å²) < 4.78 is 13.5. The highest BCUT2D eigenvalue weighted by atomic mass is 19.1. The number of aliphatic hydroxyl groups is 1. The molecule has 0 bridgehead atoms. The monoisotopic (exact) mass is 302 g/mol. The Hall–Kier alpha value is -1.22. The van der Waals surface area contributed by atoms with Gasteiger partial charge in [-0.1, -0.05) is 19.1 Å². The average Bonchev–Trinajstić information content (AvgIpc) is 2.79. The summed E-state index contributed by atoms with van der Waals surface area (Å²) in [6.07, 6.45) is 10.9. The molecular weight excluding hydrogens is 279 g/mol. The van der Waals surface area contributed by atoms with Gasteiger partial charge in [-0.25, -0.2) is 4.39 Å². The van der Waals surface area contributed by atoms with Crippen molar-refractivity contribution in [3.05, 3.63) is 34.9 Å². The highest BCUT2D eigenvalue weighted by Crippen LogP contribution is 2.60. The molecule has 0 heterocycles. The molecule has 3 heteroatoms. The number of allylic oxidation sites excluding steroid dienone is 5. The number of carbonyl (C=O) groups is 1. The van der Waals surface area contributed by atoms with Crippen molar-refractivity contribution in [2.45, 2.75) is 51.0 Å². The van der Waals surface area contributed by atoms with Crippen LogP contribution in [0.4, 0.5) is 4.39 Å². The van der Waals surface area contributed by atoms with E-state index >= 15 is 0 Å². The largest absolute Gasteiger partial charge is 0.386 e. The molecule has 4 aliphatic rings. The predicted octanol–water partition coefficient (Wildman–Crippen LogP) is 3.67. The molecule has 4 rings (SSSR count). The molecule has 2 nitrogen and oxygen atoms in total. The molecule has 0 unspecified atom stereocenters. The minimum atomic E-state index is -1.21. The van der Waals surface area contributed by atoms with Crippen LogP contribution < -0.4 is 0 Å². The van der Waals surface area contributed by atoms with Crippen molar-refractivity contribution in [1.29, 1.82) is 0 Å². The normalized spacial score (nSPS) is 43.6. The molecule has 0 aromatic carbocycles. The summed E-state index contributed by atoms with van der Waals surface area (Å²) in [4.78, 5) is 11.6. The summed E-state index contributed by atoms with van der Waals surface area (Å²) in [5.41, 5.74) is 2.26. The number of ketones is 1. The molecule has 4 atom stereocenters. The van der Waals surface area contributed by atoms with E-state index in [4.69, 9.17) is 0 Å². The number of hydrogen-bond donors (Lipinski definition) is 1. The lowest BCUT2D eigenvalue weighted by Crippen LogP contribution is -2.49. The van der Waals surface area contributed by atoms with Crippen LogP contribution in [0.1, 0.15) is 45.4 Å². The number of rotatable bonds is 1. The van der Waals surface area contributed by atoms with Crippen LogP contribution >= 0.6 is 0 Å². The molecule has 0 amide bonds. The van der Waals surface area contributed by atoms with Gasteiger partial charge in [-0.05, 0) is 66.7 Å². The maximum atomic E-state index is 13.5. The van der Waals surface area contributed by atoms with Crippen LogP contribution in [0, 0.1) is 17.3 Å². The zero-order chi connectivity index (χ0) is 15.5. The average molecular weight is 302 g/mol. The molecule has 0 aromatic heterocycles. The van der Waals surface area contributed by atoms with Crippen LogP contribution in [0.2, 0.25) is 0 Å². The Balaban J connectivity index is 1.81. The fraction of sp³-hybridized carbons (Fsp3) is 0.632. The Labute approximate surface area is 130 Å². The smallest absolute Gasteiger partial charge is 0.156 e. The van der Waals surface area contributed by atoms with E-state index in [0.29, 0.717) is 24.7 Å². The van der Waals surface area contributed by atoms with Gasteiger partial charge in [0.15, 0.2) is 5.78 Å². The van der Waals surface area contributed by atoms with Gasteiger partial charge < -0.3 is 5.11 Å². The van der Waals surface area contributed by atoms with Crippen LogP contribution in [-0.4, -0.2) is 23.2 Å². The fourth-order valence-corrected chi connectivity index (χ4v) is 5.33. The topological polar surface area (TPSA) is 37.3 Å². The SMILES string of the molecule is C[C@]12C=CC3=C4CCC(=O)C=C4CC[C@H]3[C@@H]1CC[C@@]2(O)CF. The molecule has 118 valence electrons. The highest BCUT2D eigenvalue weighted by molar-refractivity contribution is 5.93. The van der Waals surface area contributed by atoms with Crippen LogP contribution in [0.15, 0.2) is 34.9 Å². The first-order chi connectivity index (χ1) is 10.5. The van der Waals surface area contributed by atoms with E-state index in [0.717, 1.165) is 25.7 Å². The molecule has 0 radical (unpaired) electrons. The van der Waals surface area contributed by atoms with Crippen molar-refractivity contribution < 1.29 is 14.3 Å². The lowest BCUT2D eigenvalue weighted by molar-refractivity contribution is -0.114. The number of hydrogen-bond acceptors (Lipinski definition) is 2. The van der Waals surface area contributed by atoms with Crippen molar-refractivity contribution in [2.24, 2.45) is 17.3 Å². The van der Waals surface area contributed by atoms with E-state index in [9.17, 15) is 14.3 Å². The lowest BCUT2D eigenvalue weighted by atomic mass is 9.58. The first kappa shape index (κ1) is 14.4. The lowest BCUT2D eigenvalue weighted by Gasteiger charge is -2.47. The number of alkyl halides is 1. The van der Waals surface area contributed by atoms with Crippen molar-refractivity contribution in [3.8, 4) is 0 Å². The third-order valence-electron chi connectivity index (χ3n) is 6.77. The maximum absolute atomic E-state index is 13.5. The van der Waals surface area contributed by atoms with E-state index in [1.165, 1.54) is 16.7 Å². The van der Waals surface area contributed by atoms with E-state index in [1.807, 2.05) is 13.0 Å². The summed E-state index contributed by atoms with van der Waals surface area (Å²) >= 11 is 0. The highest BCUT2D eigenvalue weighted by Gasteiger charge is 2.59. The summed E-state index contributed by atoms with van der Waals surface area (Å²) in [5.74, 6) is 0.978. The van der Waals surface area contributed by atoms with Crippen molar-refractivity contribution in [1.82, 2.24) is 0 Å². The minimum absolute atomic E-state index is 0.245. The fourth-order valence-electron chi connectivity index (χ4n) is 5.33. The van der Waals surface area contributed by atoms with Gasteiger partial charge in [0, 0.05) is 11.8 Å². The third-order valence-corrected chi connectivity index (χ3v) is 6.77. The van der Waals surface area contributed by atoms with Crippen LogP contribution in [0.25, 0.3) is 0 Å². The van der Waals surface area contributed by atoms with E-state index < -0.39 is 17.7 Å². The molecule has 0 aromatic rings. The predicted molar refractivity (Wildman–Crippen MR) is 83.0 cm³/mol. The third kappa shape index (κ3) is 1.72. The number of halogens is 1. The van der Waals surface area contributed by atoms with Crippen molar-refractivity contribution in [3.63, 3.8) is 0 Å². The number of fused-ring (bicyclic) bond motifs is 4. The first-order valence-electron chi connectivity index (χ1n) is 8.43. The summed E-state index contributed by atoms with van der Waals surface area (Å²) in [5, 5.41) is 10.7. The van der Waals surface area contributed by atoms with Gasteiger partial charge in [-0.3, -0.25) is 4.79 Å². The van der Waals surface area contributed by atoms with Gasteiger partial charge in [-0.15, -0.1) is 0 Å². The van der Waals surface area contributed by atoms with E-state index in [-0.39, 0.29) is 5.78 Å². The maximum Gasteiger partial charge on any atom is 0.156 e. The Bertz CT molecular complexity index is 629. The summed E-state index contributed by atoms with van der Waals surface area (Å²) in [6.45, 7) is 1.36. The van der Waals surface area contributed by atoms with Crippen LogP contribution in [-0.2, 0) is 4.79 Å². The molecule has 1 N–H and O–H groups in total. The molecule has 22 heavy (non-hydrogen) atoms. The van der Waals surface area contributed by atoms with Crippen molar-refractivity contribution >= 4 is 5.78 Å². The zero-order valence-corrected chi connectivity index (χ0v) is 13.1. The first-order valence-corrected chi connectivity index (χ1v) is 8.43. The van der Waals surface area contributed by atoms with Gasteiger partial charge in [0.1, 0.15) is 12.3 Å². The second kappa shape index (κ2) is 4.64. The summed E-state index contributed by atoms with van der Waals surface area (Å²) in [7, 11) is 0. The molecule has 0 spiro atoms. The quantitative estimate of drug-likeness (QED) is 0.802. The molecular formula is C19H23FO2. The van der Waals surface area contributed by atoms with Crippen LogP contribution in [0.5, 0.6) is 0 Å². The van der Waals surface area contributed by atoms with Gasteiger partial charge >= 0.3 is 0 Å². The van der Waals surface area contributed by atoms with Crippen LogP contribution in [0.3, 0.4) is 0 Å². The van der Waals surface area contributed by atoms with Gasteiger partial charge in [0.2, 0.25) is 0 Å². The molecule has 1 fully saturated rings. The zero-order valence-electron chi connectivity index (χ0n) is 13.1. The standard InChI is InChI=1S/C19H23FO2/c1-18-8-6-15-14-5-3-13(21)10-12(14)2-4-16(15)17(18)7-9-19(18,22)11-20/h6,8,10,16-17,22H,2-5,7,9,11H2,1H3/t16-,17+,18+,19-/m1/s1. The molecule has 0 saturated heterocycles. The minimum Gasteiger partial charge on any atom is -0.386 e. The van der Waals surface area contributed by atoms with Gasteiger partial charge in [-0.2, -0.15) is 0 Å². The van der Waals surface area contributed by atoms with E-state index in [1.54, 1.807) is 0 Å². The second-order valence-corrected chi connectivity index (χ2v) is 7.64. The number of carbonyl (C=O) groups excluding carboxylic acids is 1. The molecule has 1 saturated carbocycles. The van der Waals surface area contributed by atoms with Gasteiger partial charge in [0.25, 0.3) is 0 Å². The van der Waals surface area contributed by atoms with Crippen molar-refractivity contribution in [2.75, 3.05) is 6.67 Å². The molecule has 0 aliphatic heterocycles.